The van der Waals surface area contributed by atoms with Crippen LogP contribution in [-0.4, -0.2) is 28.3 Å². The third-order valence-electron chi connectivity index (χ3n) is 2.82. The number of hydrogen-bond donors (Lipinski definition) is 2. The van der Waals surface area contributed by atoms with Crippen LogP contribution < -0.4 is 15.4 Å². The Hall–Kier alpha value is -2.63. The number of carbonyl (C=O) groups excluding carboxylic acids is 1. The van der Waals surface area contributed by atoms with Gasteiger partial charge >= 0.3 is 0 Å². The molecule has 1 aromatic heterocycles. The third-order valence-corrected chi connectivity index (χ3v) is 2.82. The molecule has 0 aliphatic heterocycles. The molecule has 0 unspecified atom stereocenters. The molecule has 122 valence electrons. The summed E-state index contributed by atoms with van der Waals surface area (Å²) in [6.45, 7) is 8.33. The third kappa shape index (κ3) is 5.25. The fourth-order valence-electron chi connectivity index (χ4n) is 1.87. The van der Waals surface area contributed by atoms with Crippen molar-refractivity contribution in [2.75, 3.05) is 11.9 Å². The van der Waals surface area contributed by atoms with Crippen molar-refractivity contribution in [3.63, 3.8) is 0 Å². The highest BCUT2D eigenvalue weighted by Crippen LogP contribution is 2.18. The summed E-state index contributed by atoms with van der Waals surface area (Å²) >= 11 is 0. The van der Waals surface area contributed by atoms with Crippen LogP contribution in [0.5, 0.6) is 5.75 Å². The SMILES string of the molecule is CCOc1ccc(Nc2ccc(C(=O)NC(C)(C)C)nn2)cc1. The van der Waals surface area contributed by atoms with Gasteiger partial charge in [0.1, 0.15) is 5.75 Å². The molecule has 1 aromatic carbocycles. The topological polar surface area (TPSA) is 76.1 Å². The summed E-state index contributed by atoms with van der Waals surface area (Å²) in [4.78, 5) is 12.0. The first-order valence-electron chi connectivity index (χ1n) is 7.53. The molecule has 6 heteroatoms. The molecular weight excluding hydrogens is 292 g/mol. The summed E-state index contributed by atoms with van der Waals surface area (Å²) in [6.07, 6.45) is 0. The van der Waals surface area contributed by atoms with E-state index in [1.165, 1.54) is 0 Å². The van der Waals surface area contributed by atoms with E-state index >= 15 is 0 Å². The van der Waals surface area contributed by atoms with Crippen LogP contribution in [0.15, 0.2) is 36.4 Å². The summed E-state index contributed by atoms with van der Waals surface area (Å²) in [6, 6.07) is 10.9. The van der Waals surface area contributed by atoms with Crippen molar-refractivity contribution in [3.8, 4) is 5.75 Å². The highest BCUT2D eigenvalue weighted by molar-refractivity contribution is 5.92. The average Bonchev–Trinajstić information content (AvgIpc) is 2.48. The van der Waals surface area contributed by atoms with Crippen molar-refractivity contribution in [2.45, 2.75) is 33.2 Å². The van der Waals surface area contributed by atoms with Gasteiger partial charge in [0, 0.05) is 11.2 Å². The Balaban J connectivity index is 2.01. The number of nitrogens with zero attached hydrogens (tertiary/aromatic N) is 2. The predicted molar refractivity (Wildman–Crippen MR) is 90.1 cm³/mol. The van der Waals surface area contributed by atoms with Gasteiger partial charge in [0.2, 0.25) is 0 Å². The van der Waals surface area contributed by atoms with Gasteiger partial charge < -0.3 is 15.4 Å². The lowest BCUT2D eigenvalue weighted by Crippen LogP contribution is -2.41. The van der Waals surface area contributed by atoms with Gasteiger partial charge in [0.05, 0.1) is 6.61 Å². The highest BCUT2D eigenvalue weighted by atomic mass is 16.5. The van der Waals surface area contributed by atoms with E-state index in [2.05, 4.69) is 20.8 Å². The maximum Gasteiger partial charge on any atom is 0.272 e. The van der Waals surface area contributed by atoms with Crippen LogP contribution in [0.25, 0.3) is 0 Å². The zero-order valence-corrected chi connectivity index (χ0v) is 13.9. The summed E-state index contributed by atoms with van der Waals surface area (Å²) < 4.78 is 5.39. The minimum Gasteiger partial charge on any atom is -0.494 e. The molecule has 0 bridgehead atoms. The van der Waals surface area contributed by atoms with Crippen molar-refractivity contribution in [1.82, 2.24) is 15.5 Å². The van der Waals surface area contributed by atoms with E-state index < -0.39 is 0 Å². The first kappa shape index (κ1) is 16.7. The van der Waals surface area contributed by atoms with Crippen LogP contribution in [0, 0.1) is 0 Å². The molecule has 0 saturated carbocycles. The van der Waals surface area contributed by atoms with Gasteiger partial charge in [-0.15, -0.1) is 10.2 Å². The molecule has 0 saturated heterocycles. The first-order chi connectivity index (χ1) is 10.9. The Morgan fingerprint density at radius 1 is 1.09 bits per heavy atom. The van der Waals surface area contributed by atoms with E-state index in [1.54, 1.807) is 12.1 Å². The molecule has 0 fully saturated rings. The Morgan fingerprint density at radius 3 is 2.30 bits per heavy atom. The number of aromatic nitrogens is 2. The van der Waals surface area contributed by atoms with Crippen LogP contribution in [-0.2, 0) is 0 Å². The minimum atomic E-state index is -0.308. The molecule has 1 heterocycles. The van der Waals surface area contributed by atoms with Gasteiger partial charge in [-0.3, -0.25) is 4.79 Å². The number of anilines is 2. The number of carbonyl (C=O) groups is 1. The van der Waals surface area contributed by atoms with Crippen molar-refractivity contribution < 1.29 is 9.53 Å². The predicted octanol–water partition coefficient (Wildman–Crippen LogP) is 3.15. The van der Waals surface area contributed by atoms with Crippen LogP contribution in [0.3, 0.4) is 0 Å². The van der Waals surface area contributed by atoms with Crippen molar-refractivity contribution in [3.05, 3.63) is 42.1 Å². The van der Waals surface area contributed by atoms with Gasteiger partial charge in [-0.1, -0.05) is 0 Å². The molecule has 0 atom stereocenters. The Bertz CT molecular complexity index is 646. The van der Waals surface area contributed by atoms with E-state index in [1.807, 2.05) is 52.0 Å². The summed E-state index contributed by atoms with van der Waals surface area (Å²) in [7, 11) is 0. The molecular formula is C17H22N4O2. The molecule has 2 N–H and O–H groups in total. The number of ether oxygens (including phenoxy) is 1. The van der Waals surface area contributed by atoms with Crippen LogP contribution in [0.1, 0.15) is 38.2 Å². The highest BCUT2D eigenvalue weighted by Gasteiger charge is 2.16. The Kier molecular flexibility index (Phi) is 5.16. The molecule has 0 aliphatic carbocycles. The van der Waals surface area contributed by atoms with Gasteiger partial charge in [0.15, 0.2) is 11.5 Å². The number of benzene rings is 1. The zero-order chi connectivity index (χ0) is 16.9. The molecule has 0 aliphatic rings. The molecule has 6 nitrogen and oxygen atoms in total. The molecule has 2 rings (SSSR count). The van der Waals surface area contributed by atoms with Crippen molar-refractivity contribution >= 4 is 17.4 Å². The van der Waals surface area contributed by atoms with Crippen LogP contribution in [0.2, 0.25) is 0 Å². The van der Waals surface area contributed by atoms with E-state index in [4.69, 9.17) is 4.74 Å². The minimum absolute atomic E-state index is 0.238. The van der Waals surface area contributed by atoms with Crippen molar-refractivity contribution in [1.29, 1.82) is 0 Å². The van der Waals surface area contributed by atoms with Crippen LogP contribution in [0.4, 0.5) is 11.5 Å². The largest absolute Gasteiger partial charge is 0.494 e. The quantitative estimate of drug-likeness (QED) is 0.886. The maximum atomic E-state index is 12.0. The average molecular weight is 314 g/mol. The van der Waals surface area contributed by atoms with E-state index in [0.29, 0.717) is 12.4 Å². The molecule has 1 amide bonds. The monoisotopic (exact) mass is 314 g/mol. The molecule has 0 spiro atoms. The van der Waals surface area contributed by atoms with Gasteiger partial charge in [-0.05, 0) is 64.1 Å². The van der Waals surface area contributed by atoms with Gasteiger partial charge in [-0.2, -0.15) is 0 Å². The standard InChI is InChI=1S/C17H22N4O2/c1-5-23-13-8-6-12(7-9-13)18-15-11-10-14(20-21-15)16(22)19-17(2,3)4/h6-11H,5H2,1-4H3,(H,18,21)(H,19,22). The van der Waals surface area contributed by atoms with E-state index in [0.717, 1.165) is 11.4 Å². The normalized spacial score (nSPS) is 11.0. The second kappa shape index (κ2) is 7.09. The van der Waals surface area contributed by atoms with E-state index in [9.17, 15) is 4.79 Å². The van der Waals surface area contributed by atoms with Gasteiger partial charge in [-0.25, -0.2) is 0 Å². The zero-order valence-electron chi connectivity index (χ0n) is 13.9. The fourth-order valence-corrected chi connectivity index (χ4v) is 1.87. The fraction of sp³-hybridized carbons (Fsp3) is 0.353. The second-order valence-corrected chi connectivity index (χ2v) is 6.09. The maximum absolute atomic E-state index is 12.0. The van der Waals surface area contributed by atoms with Crippen LogP contribution >= 0.6 is 0 Å². The Labute approximate surface area is 136 Å². The summed E-state index contributed by atoms with van der Waals surface area (Å²) in [5, 5.41) is 14.0. The number of rotatable bonds is 5. The lowest BCUT2D eigenvalue weighted by molar-refractivity contribution is 0.0913. The van der Waals surface area contributed by atoms with Crippen molar-refractivity contribution in [2.24, 2.45) is 0 Å². The number of nitrogens with one attached hydrogen (secondary N) is 2. The van der Waals surface area contributed by atoms with Gasteiger partial charge in [0.25, 0.3) is 5.91 Å². The Morgan fingerprint density at radius 2 is 1.78 bits per heavy atom. The lowest BCUT2D eigenvalue weighted by Gasteiger charge is -2.19. The first-order valence-corrected chi connectivity index (χ1v) is 7.53. The molecule has 23 heavy (non-hydrogen) atoms. The summed E-state index contributed by atoms with van der Waals surface area (Å²) in [5.41, 5.74) is 0.852. The molecule has 0 radical (unpaired) electrons. The summed E-state index contributed by atoms with van der Waals surface area (Å²) in [5.74, 6) is 1.15. The lowest BCUT2D eigenvalue weighted by atomic mass is 10.1. The molecule has 2 aromatic rings. The second-order valence-electron chi connectivity index (χ2n) is 6.09. The smallest absolute Gasteiger partial charge is 0.272 e. The van der Waals surface area contributed by atoms with E-state index in [-0.39, 0.29) is 17.1 Å². The number of amides is 1. The number of hydrogen-bond acceptors (Lipinski definition) is 5.